The van der Waals surface area contributed by atoms with Crippen LogP contribution in [0.3, 0.4) is 0 Å². The van der Waals surface area contributed by atoms with E-state index in [0.29, 0.717) is 18.5 Å². The summed E-state index contributed by atoms with van der Waals surface area (Å²) >= 11 is 0. The standard InChI is InChI=1S/C15H24N4O4/c1-10-9-13(21)19-15(17-10)18-12(20)8-6-4-2-3-5-7-11(16)14(22)23/h9,11H,2-8,16H2,1H3,(H,22,23)(H2,17,18,19,20,21)/t11-/m0/s1. The second-order valence-electron chi connectivity index (χ2n) is 5.55. The highest BCUT2D eigenvalue weighted by Gasteiger charge is 2.10. The van der Waals surface area contributed by atoms with E-state index in [1.807, 2.05) is 0 Å². The number of carbonyl (C=O) groups is 2. The third-order valence-electron chi connectivity index (χ3n) is 3.37. The maximum atomic E-state index is 11.7. The number of amides is 1. The molecule has 1 aromatic heterocycles. The van der Waals surface area contributed by atoms with Gasteiger partial charge in [0.1, 0.15) is 6.04 Å². The molecule has 0 radical (unpaired) electrons. The molecule has 8 heteroatoms. The van der Waals surface area contributed by atoms with Crippen molar-refractivity contribution in [1.82, 2.24) is 9.97 Å². The van der Waals surface area contributed by atoms with Crippen molar-refractivity contribution in [1.29, 1.82) is 0 Å². The number of aromatic nitrogens is 2. The van der Waals surface area contributed by atoms with Crippen LogP contribution in [0, 0.1) is 6.92 Å². The van der Waals surface area contributed by atoms with Gasteiger partial charge in [0.15, 0.2) is 0 Å². The number of carbonyl (C=O) groups excluding carboxylic acids is 1. The van der Waals surface area contributed by atoms with Crippen molar-refractivity contribution < 1.29 is 14.7 Å². The normalized spacial score (nSPS) is 11.9. The van der Waals surface area contributed by atoms with E-state index in [9.17, 15) is 14.4 Å². The summed E-state index contributed by atoms with van der Waals surface area (Å²) in [4.78, 5) is 40.0. The van der Waals surface area contributed by atoms with Gasteiger partial charge in [-0.15, -0.1) is 0 Å². The zero-order valence-corrected chi connectivity index (χ0v) is 13.3. The van der Waals surface area contributed by atoms with Gasteiger partial charge in [-0.2, -0.15) is 4.98 Å². The fourth-order valence-electron chi connectivity index (χ4n) is 2.14. The summed E-state index contributed by atoms with van der Waals surface area (Å²) in [6.07, 6.45) is 5.04. The molecule has 0 fully saturated rings. The first-order chi connectivity index (χ1) is 10.9. The summed E-state index contributed by atoms with van der Waals surface area (Å²) in [5.41, 5.74) is 5.65. The molecule has 1 amide bonds. The van der Waals surface area contributed by atoms with Crippen LogP contribution < -0.4 is 16.6 Å². The quantitative estimate of drug-likeness (QED) is 0.476. The predicted molar refractivity (Wildman–Crippen MR) is 86.2 cm³/mol. The van der Waals surface area contributed by atoms with Crippen LogP contribution in [0.4, 0.5) is 5.95 Å². The van der Waals surface area contributed by atoms with Gasteiger partial charge in [0.25, 0.3) is 5.56 Å². The number of anilines is 1. The number of hydrogen-bond acceptors (Lipinski definition) is 5. The van der Waals surface area contributed by atoms with Crippen molar-refractivity contribution in [3.63, 3.8) is 0 Å². The number of carboxylic acid groups (broad SMARTS) is 1. The Labute approximate surface area is 134 Å². The number of carboxylic acids is 1. The molecule has 0 bridgehead atoms. The third kappa shape index (κ3) is 8.10. The van der Waals surface area contributed by atoms with E-state index in [1.165, 1.54) is 6.07 Å². The van der Waals surface area contributed by atoms with Crippen molar-refractivity contribution in [2.75, 3.05) is 5.32 Å². The monoisotopic (exact) mass is 324 g/mol. The van der Waals surface area contributed by atoms with Crippen LogP contribution in [0.2, 0.25) is 0 Å². The maximum Gasteiger partial charge on any atom is 0.320 e. The molecule has 0 unspecified atom stereocenters. The highest BCUT2D eigenvalue weighted by atomic mass is 16.4. The lowest BCUT2D eigenvalue weighted by Gasteiger charge is -2.06. The summed E-state index contributed by atoms with van der Waals surface area (Å²) in [5.74, 6) is -0.987. The van der Waals surface area contributed by atoms with Crippen molar-refractivity contribution in [2.45, 2.75) is 57.9 Å². The number of aliphatic carboxylic acids is 1. The van der Waals surface area contributed by atoms with E-state index >= 15 is 0 Å². The summed E-state index contributed by atoms with van der Waals surface area (Å²) in [6.45, 7) is 1.72. The fraction of sp³-hybridized carbons (Fsp3) is 0.600. The maximum absolute atomic E-state index is 11.7. The number of nitrogens with one attached hydrogen (secondary N) is 2. The second kappa shape index (κ2) is 9.73. The summed E-state index contributed by atoms with van der Waals surface area (Å²) in [5, 5.41) is 11.2. The number of nitrogens with two attached hydrogens (primary N) is 1. The smallest absolute Gasteiger partial charge is 0.320 e. The van der Waals surface area contributed by atoms with E-state index in [1.54, 1.807) is 6.92 Å². The van der Waals surface area contributed by atoms with E-state index in [0.717, 1.165) is 32.1 Å². The molecular weight excluding hydrogens is 300 g/mol. The van der Waals surface area contributed by atoms with Crippen LogP contribution in [0.1, 0.15) is 50.6 Å². The highest BCUT2D eigenvalue weighted by molar-refractivity contribution is 5.88. The Morgan fingerprint density at radius 3 is 2.61 bits per heavy atom. The molecule has 1 rings (SSSR count). The van der Waals surface area contributed by atoms with Crippen molar-refractivity contribution >= 4 is 17.8 Å². The predicted octanol–water partition coefficient (Wildman–Crippen LogP) is 1.16. The zero-order chi connectivity index (χ0) is 17.2. The first-order valence-corrected chi connectivity index (χ1v) is 7.74. The Bertz CT molecular complexity index is 585. The number of H-pyrrole nitrogens is 1. The molecule has 5 N–H and O–H groups in total. The Morgan fingerprint density at radius 1 is 1.30 bits per heavy atom. The Kier molecular flexibility index (Phi) is 7.96. The minimum Gasteiger partial charge on any atom is -0.480 e. The average Bonchev–Trinajstić information content (AvgIpc) is 2.44. The lowest BCUT2D eigenvalue weighted by Crippen LogP contribution is -2.29. The van der Waals surface area contributed by atoms with Crippen LogP contribution in [0.15, 0.2) is 10.9 Å². The molecule has 1 aromatic rings. The van der Waals surface area contributed by atoms with Gasteiger partial charge in [-0.05, 0) is 19.8 Å². The van der Waals surface area contributed by atoms with Gasteiger partial charge in [-0.1, -0.05) is 25.7 Å². The Hall–Kier alpha value is -2.22. The lowest BCUT2D eigenvalue weighted by atomic mass is 10.1. The van der Waals surface area contributed by atoms with Crippen LogP contribution in [-0.2, 0) is 9.59 Å². The fourth-order valence-corrected chi connectivity index (χ4v) is 2.14. The average molecular weight is 324 g/mol. The number of rotatable bonds is 10. The lowest BCUT2D eigenvalue weighted by molar-refractivity contribution is -0.138. The van der Waals surface area contributed by atoms with Gasteiger partial charge in [-0.3, -0.25) is 19.7 Å². The number of aryl methyl sites for hydroxylation is 1. The number of unbranched alkanes of at least 4 members (excludes halogenated alkanes) is 4. The minimum absolute atomic E-state index is 0.169. The van der Waals surface area contributed by atoms with E-state index in [4.69, 9.17) is 10.8 Å². The molecule has 8 nitrogen and oxygen atoms in total. The van der Waals surface area contributed by atoms with Crippen molar-refractivity contribution in [2.24, 2.45) is 5.73 Å². The van der Waals surface area contributed by atoms with Crippen LogP contribution in [-0.4, -0.2) is 33.0 Å². The van der Waals surface area contributed by atoms with Crippen LogP contribution >= 0.6 is 0 Å². The Morgan fingerprint density at radius 2 is 1.96 bits per heavy atom. The highest BCUT2D eigenvalue weighted by Crippen LogP contribution is 2.09. The van der Waals surface area contributed by atoms with Crippen LogP contribution in [0.25, 0.3) is 0 Å². The molecule has 1 heterocycles. The van der Waals surface area contributed by atoms with E-state index in [-0.39, 0.29) is 11.9 Å². The molecule has 128 valence electrons. The number of nitrogens with zero attached hydrogens (tertiary/aromatic N) is 1. The summed E-state index contributed by atoms with van der Waals surface area (Å²) in [6, 6.07) is 0.566. The molecule has 1 atom stereocenters. The molecule has 0 saturated heterocycles. The molecule has 0 saturated carbocycles. The largest absolute Gasteiger partial charge is 0.480 e. The van der Waals surface area contributed by atoms with Gasteiger partial charge in [-0.25, -0.2) is 0 Å². The van der Waals surface area contributed by atoms with Gasteiger partial charge >= 0.3 is 5.97 Å². The van der Waals surface area contributed by atoms with Crippen molar-refractivity contribution in [3.05, 3.63) is 22.1 Å². The first-order valence-electron chi connectivity index (χ1n) is 7.74. The molecule has 0 aromatic carbocycles. The summed E-state index contributed by atoms with van der Waals surface area (Å²) < 4.78 is 0. The number of hydrogen-bond donors (Lipinski definition) is 4. The van der Waals surface area contributed by atoms with Crippen LogP contribution in [0.5, 0.6) is 0 Å². The summed E-state index contributed by atoms with van der Waals surface area (Å²) in [7, 11) is 0. The van der Waals surface area contributed by atoms with Gasteiger partial charge in [0.2, 0.25) is 11.9 Å². The third-order valence-corrected chi connectivity index (χ3v) is 3.37. The molecule has 23 heavy (non-hydrogen) atoms. The minimum atomic E-state index is -0.968. The zero-order valence-electron chi connectivity index (χ0n) is 13.3. The second-order valence-corrected chi connectivity index (χ2v) is 5.55. The number of aromatic amines is 1. The molecule has 0 aliphatic heterocycles. The van der Waals surface area contributed by atoms with Gasteiger partial charge < -0.3 is 15.8 Å². The molecule has 0 aliphatic carbocycles. The Balaban J connectivity index is 2.12. The van der Waals surface area contributed by atoms with Gasteiger partial charge in [0.05, 0.1) is 0 Å². The molecular formula is C15H24N4O4. The van der Waals surface area contributed by atoms with Crippen molar-refractivity contribution in [3.8, 4) is 0 Å². The molecule has 0 spiro atoms. The molecule has 0 aliphatic rings. The van der Waals surface area contributed by atoms with E-state index in [2.05, 4.69) is 15.3 Å². The van der Waals surface area contributed by atoms with Gasteiger partial charge in [0, 0.05) is 18.2 Å². The SMILES string of the molecule is Cc1cc(=O)nc(NC(=O)CCCCCCC[C@H](N)C(=O)O)[nH]1. The van der Waals surface area contributed by atoms with E-state index < -0.39 is 17.6 Å². The topological polar surface area (TPSA) is 138 Å². The first kappa shape index (κ1) is 18.8.